The summed E-state index contributed by atoms with van der Waals surface area (Å²) >= 11 is 0. The predicted octanol–water partition coefficient (Wildman–Crippen LogP) is 0.481. The second-order valence-electron chi connectivity index (χ2n) is 4.92. The summed E-state index contributed by atoms with van der Waals surface area (Å²) in [6, 6.07) is 0.711. The van der Waals surface area contributed by atoms with Gasteiger partial charge in [-0.05, 0) is 12.8 Å². The lowest BCUT2D eigenvalue weighted by Gasteiger charge is -2.33. The van der Waals surface area contributed by atoms with E-state index in [-0.39, 0.29) is 11.3 Å². The molecule has 0 amide bonds. The maximum Gasteiger partial charge on any atom is 0.307 e. The summed E-state index contributed by atoms with van der Waals surface area (Å²) in [5.41, 5.74) is -0.559. The minimum atomic E-state index is -3.91. The second kappa shape index (κ2) is 6.40. The summed E-state index contributed by atoms with van der Waals surface area (Å²) < 4.78 is 31.1. The number of rotatable bonds is 4. The highest BCUT2D eigenvalue weighted by Gasteiger charge is 2.36. The van der Waals surface area contributed by atoms with Crippen LogP contribution in [0.5, 0.6) is 0 Å². The molecule has 1 fully saturated rings. The first-order valence-electron chi connectivity index (χ1n) is 6.72. The lowest BCUT2D eigenvalue weighted by molar-refractivity contribution is -0.141. The van der Waals surface area contributed by atoms with Crippen molar-refractivity contribution < 1.29 is 17.9 Å². The molecule has 116 valence electrons. The highest BCUT2D eigenvalue weighted by atomic mass is 32.2. The lowest BCUT2D eigenvalue weighted by Crippen LogP contribution is -2.45. The first kappa shape index (κ1) is 15.7. The molecule has 0 aromatic carbocycles. The number of hydrogen-bond donors (Lipinski definition) is 1. The summed E-state index contributed by atoms with van der Waals surface area (Å²) in [6.45, 7) is 0.304. The number of sulfonamides is 1. The van der Waals surface area contributed by atoms with E-state index in [1.807, 2.05) is 0 Å². The van der Waals surface area contributed by atoms with Crippen molar-refractivity contribution in [3.63, 3.8) is 0 Å². The molecule has 0 saturated carbocycles. The Labute approximate surface area is 123 Å². The Kier molecular flexibility index (Phi) is 4.79. The van der Waals surface area contributed by atoms with Crippen LogP contribution in [0.4, 0.5) is 0 Å². The summed E-state index contributed by atoms with van der Waals surface area (Å²) in [6.07, 6.45) is 4.70. The van der Waals surface area contributed by atoms with Gasteiger partial charge in [-0.25, -0.2) is 8.42 Å². The number of ether oxygens (including phenoxy) is 1. The highest BCUT2D eigenvalue weighted by Crippen LogP contribution is 2.25. The van der Waals surface area contributed by atoms with Gasteiger partial charge in [-0.15, -0.1) is 0 Å². The molecule has 0 aliphatic carbocycles. The van der Waals surface area contributed by atoms with Crippen LogP contribution in [-0.4, -0.2) is 43.4 Å². The van der Waals surface area contributed by atoms with Gasteiger partial charge in [-0.1, -0.05) is 6.42 Å². The van der Waals surface area contributed by atoms with E-state index in [0.29, 0.717) is 19.4 Å². The van der Waals surface area contributed by atoms with E-state index in [0.717, 1.165) is 6.42 Å². The fraction of sp³-hybridized carbons (Fsp3) is 0.538. The first-order valence-corrected chi connectivity index (χ1v) is 8.16. The molecule has 0 spiro atoms. The van der Waals surface area contributed by atoms with Crippen LogP contribution in [0.2, 0.25) is 0 Å². The van der Waals surface area contributed by atoms with Crippen molar-refractivity contribution in [1.29, 1.82) is 0 Å². The second-order valence-corrected chi connectivity index (χ2v) is 6.78. The van der Waals surface area contributed by atoms with E-state index in [1.54, 1.807) is 0 Å². The van der Waals surface area contributed by atoms with Gasteiger partial charge in [0.25, 0.3) is 0 Å². The Morgan fingerprint density at radius 3 is 2.90 bits per heavy atom. The summed E-state index contributed by atoms with van der Waals surface area (Å²) in [5, 5.41) is 0. The molecule has 0 bridgehead atoms. The number of nitrogens with zero attached hydrogens (tertiary/aromatic N) is 1. The van der Waals surface area contributed by atoms with Crippen molar-refractivity contribution >= 4 is 16.0 Å². The molecule has 8 heteroatoms. The average molecular weight is 314 g/mol. The SMILES string of the molecule is COC(=O)CC1CCCCN1S(=O)(=O)c1c[nH]ccc1=O. The summed E-state index contributed by atoms with van der Waals surface area (Å²) in [7, 11) is -2.64. The number of H-pyrrole nitrogens is 1. The van der Waals surface area contributed by atoms with Crippen LogP contribution in [0.15, 0.2) is 28.2 Å². The first-order chi connectivity index (χ1) is 9.96. The number of carbonyl (C=O) groups excluding carboxylic acids is 1. The van der Waals surface area contributed by atoms with Gasteiger partial charge in [0.05, 0.1) is 13.5 Å². The maximum absolute atomic E-state index is 12.6. The Morgan fingerprint density at radius 1 is 1.48 bits per heavy atom. The van der Waals surface area contributed by atoms with Crippen molar-refractivity contribution in [3.8, 4) is 0 Å². The van der Waals surface area contributed by atoms with Gasteiger partial charge in [-0.2, -0.15) is 4.31 Å². The van der Waals surface area contributed by atoms with Gasteiger partial charge in [0.1, 0.15) is 4.90 Å². The van der Waals surface area contributed by atoms with Crippen LogP contribution in [0.3, 0.4) is 0 Å². The zero-order valence-electron chi connectivity index (χ0n) is 11.7. The Bertz CT molecular complexity index is 667. The number of hydrogen-bond acceptors (Lipinski definition) is 5. The zero-order chi connectivity index (χ0) is 15.5. The monoisotopic (exact) mass is 314 g/mol. The normalized spacial score (nSPS) is 20.1. The molecule has 2 heterocycles. The predicted molar refractivity (Wildman–Crippen MR) is 75.2 cm³/mol. The van der Waals surface area contributed by atoms with Crippen LogP contribution < -0.4 is 5.43 Å². The molecule has 21 heavy (non-hydrogen) atoms. The summed E-state index contributed by atoms with van der Waals surface area (Å²) in [4.78, 5) is 25.5. The molecule has 1 aliphatic rings. The number of piperidine rings is 1. The van der Waals surface area contributed by atoms with Crippen LogP contribution >= 0.6 is 0 Å². The van der Waals surface area contributed by atoms with Crippen LogP contribution in [0, 0.1) is 0 Å². The van der Waals surface area contributed by atoms with Gasteiger partial charge in [-0.3, -0.25) is 9.59 Å². The minimum absolute atomic E-state index is 0.000465. The molecule has 1 aromatic rings. The van der Waals surface area contributed by atoms with Crippen LogP contribution in [0.25, 0.3) is 0 Å². The van der Waals surface area contributed by atoms with E-state index in [9.17, 15) is 18.0 Å². The van der Waals surface area contributed by atoms with Crippen molar-refractivity contribution in [2.24, 2.45) is 0 Å². The molecule has 0 radical (unpaired) electrons. The Morgan fingerprint density at radius 2 is 2.24 bits per heavy atom. The van der Waals surface area contributed by atoms with Crippen molar-refractivity contribution in [1.82, 2.24) is 9.29 Å². The fourth-order valence-electron chi connectivity index (χ4n) is 2.50. The van der Waals surface area contributed by atoms with Crippen LogP contribution in [0.1, 0.15) is 25.7 Å². The Hall–Kier alpha value is -1.67. The van der Waals surface area contributed by atoms with Gasteiger partial charge >= 0.3 is 5.97 Å². The molecule has 1 unspecified atom stereocenters. The molecule has 1 atom stereocenters. The minimum Gasteiger partial charge on any atom is -0.469 e. The van der Waals surface area contributed by atoms with E-state index in [2.05, 4.69) is 9.72 Å². The maximum atomic E-state index is 12.6. The van der Waals surface area contributed by atoms with Gasteiger partial charge in [0, 0.05) is 31.0 Å². The Balaban J connectivity index is 2.34. The smallest absolute Gasteiger partial charge is 0.307 e. The van der Waals surface area contributed by atoms with E-state index >= 15 is 0 Å². The number of aromatic amines is 1. The molecule has 1 aromatic heterocycles. The molecular formula is C13H18N2O5S. The molecule has 2 rings (SSSR count). The van der Waals surface area contributed by atoms with Crippen molar-refractivity contribution in [3.05, 3.63) is 28.7 Å². The molecule has 7 nitrogen and oxygen atoms in total. The third kappa shape index (κ3) is 3.33. The quantitative estimate of drug-likeness (QED) is 0.815. The van der Waals surface area contributed by atoms with Crippen molar-refractivity contribution in [2.75, 3.05) is 13.7 Å². The zero-order valence-corrected chi connectivity index (χ0v) is 12.6. The number of carbonyl (C=O) groups is 1. The fourth-order valence-corrected chi connectivity index (χ4v) is 4.23. The van der Waals surface area contributed by atoms with E-state index in [4.69, 9.17) is 0 Å². The number of methoxy groups -OCH3 is 1. The lowest BCUT2D eigenvalue weighted by atomic mass is 10.0. The molecular weight excluding hydrogens is 296 g/mol. The van der Waals surface area contributed by atoms with Gasteiger partial charge < -0.3 is 9.72 Å². The number of pyridine rings is 1. The standard InChI is InChI=1S/C13H18N2O5S/c1-20-13(17)8-10-4-2-3-7-15(10)21(18,19)12-9-14-6-5-11(12)16/h5-6,9-10H,2-4,7-8H2,1H3,(H,14,16). The molecule has 1 N–H and O–H groups in total. The number of aromatic nitrogens is 1. The average Bonchev–Trinajstić information content (AvgIpc) is 2.47. The largest absolute Gasteiger partial charge is 0.469 e. The number of esters is 1. The summed E-state index contributed by atoms with van der Waals surface area (Å²) in [5.74, 6) is -0.455. The van der Waals surface area contributed by atoms with Gasteiger partial charge in [0.2, 0.25) is 15.5 Å². The topological polar surface area (TPSA) is 96.5 Å². The van der Waals surface area contributed by atoms with E-state index in [1.165, 1.54) is 29.9 Å². The molecule has 1 aliphatic heterocycles. The van der Waals surface area contributed by atoms with E-state index < -0.39 is 27.5 Å². The number of nitrogens with one attached hydrogen (secondary N) is 1. The third-order valence-electron chi connectivity index (χ3n) is 3.58. The van der Waals surface area contributed by atoms with Gasteiger partial charge in [0.15, 0.2) is 0 Å². The molecule has 1 saturated heterocycles. The third-order valence-corrected chi connectivity index (χ3v) is 5.55. The van der Waals surface area contributed by atoms with Crippen LogP contribution in [-0.2, 0) is 19.6 Å². The van der Waals surface area contributed by atoms with Crippen molar-refractivity contribution in [2.45, 2.75) is 36.6 Å². The highest BCUT2D eigenvalue weighted by molar-refractivity contribution is 7.89.